The molecule has 0 heterocycles. The maximum atomic E-state index is 10.2. The number of hydrogen-bond donors (Lipinski definition) is 1. The molecule has 0 aromatic rings. The van der Waals surface area contributed by atoms with Crippen molar-refractivity contribution < 1.29 is 40.9 Å². The van der Waals surface area contributed by atoms with Gasteiger partial charge in [0.1, 0.15) is 6.29 Å². The van der Waals surface area contributed by atoms with E-state index in [-0.39, 0.29) is 39.4 Å². The first-order valence-electron chi connectivity index (χ1n) is 6.93. The van der Waals surface area contributed by atoms with E-state index in [0.29, 0.717) is 18.4 Å². The van der Waals surface area contributed by atoms with Gasteiger partial charge in [0.2, 0.25) is 0 Å². The van der Waals surface area contributed by atoms with Crippen molar-refractivity contribution >= 4 is 14.7 Å². The van der Waals surface area contributed by atoms with Crippen molar-refractivity contribution in [3.63, 3.8) is 0 Å². The molecule has 99 valence electrons. The maximum absolute atomic E-state index is 10.2. The van der Waals surface area contributed by atoms with E-state index in [4.69, 9.17) is 5.11 Å². The van der Waals surface area contributed by atoms with Gasteiger partial charge in [-0.2, -0.15) is 0 Å². The second-order valence-electron chi connectivity index (χ2n) is 5.22. The van der Waals surface area contributed by atoms with Gasteiger partial charge < -0.3 is 11.3 Å². The maximum Gasteiger partial charge on any atom is 1.00 e. The van der Waals surface area contributed by atoms with Crippen LogP contribution < -0.4 is 29.6 Å². The summed E-state index contributed by atoms with van der Waals surface area (Å²) >= 11 is 0. The van der Waals surface area contributed by atoms with E-state index in [9.17, 15) is 4.79 Å². The Labute approximate surface area is 138 Å². The molecule has 0 bridgehead atoms. The number of aliphatic hydroxyl groups is 1. The number of carbonyl (C=O) groups is 1. The van der Waals surface area contributed by atoms with Gasteiger partial charge in [0.15, 0.2) is 0 Å². The fraction of sp³-hybridized carbons (Fsp3) is 0.929. The van der Waals surface area contributed by atoms with Crippen molar-refractivity contribution in [2.45, 2.75) is 64.2 Å². The zero-order chi connectivity index (χ0) is 11.6. The van der Waals surface area contributed by atoms with E-state index in [1.807, 2.05) is 0 Å². The summed E-state index contributed by atoms with van der Waals surface area (Å²) < 4.78 is 0. The number of hydrogen-bond acceptors (Lipinski definition) is 2. The van der Waals surface area contributed by atoms with Crippen molar-refractivity contribution in [1.29, 1.82) is 0 Å². The fourth-order valence-electron chi connectivity index (χ4n) is 2.64. The fourth-order valence-corrected chi connectivity index (χ4v) is 2.64. The first-order valence-corrected chi connectivity index (χ1v) is 6.93. The van der Waals surface area contributed by atoms with Crippen molar-refractivity contribution in [2.24, 2.45) is 11.8 Å². The van der Waals surface area contributed by atoms with Gasteiger partial charge in [0.25, 0.3) is 0 Å². The van der Waals surface area contributed by atoms with Crippen molar-refractivity contribution in [1.82, 2.24) is 0 Å². The molecule has 2 rings (SSSR count). The molecule has 0 aromatic carbocycles. The zero-order valence-corrected chi connectivity index (χ0v) is 13.9. The molecule has 0 saturated heterocycles. The topological polar surface area (TPSA) is 37.3 Å². The van der Waals surface area contributed by atoms with E-state index < -0.39 is 0 Å². The van der Waals surface area contributed by atoms with Gasteiger partial charge >= 0.3 is 29.6 Å². The average Bonchev–Trinajstić information content (AvgIpc) is 2.41. The van der Waals surface area contributed by atoms with Crippen LogP contribution in [0.25, 0.3) is 0 Å². The molecule has 0 amide bonds. The smallest absolute Gasteiger partial charge is 1.00 e. The summed E-state index contributed by atoms with van der Waals surface area (Å²) in [7, 11) is 0. The predicted molar refractivity (Wildman–Crippen MR) is 73.2 cm³/mol. The van der Waals surface area contributed by atoms with Crippen LogP contribution in [0.3, 0.4) is 0 Å². The van der Waals surface area contributed by atoms with Crippen LogP contribution in [0.4, 0.5) is 0 Å². The van der Waals surface area contributed by atoms with E-state index >= 15 is 0 Å². The molecule has 4 heteroatoms. The van der Waals surface area contributed by atoms with Gasteiger partial charge in [-0.15, -0.1) is 0 Å². The Hall–Kier alpha value is 0.695. The summed E-state index contributed by atoms with van der Waals surface area (Å²) in [5.74, 6) is 1.05. The van der Waals surface area contributed by atoms with Crippen LogP contribution in [-0.4, -0.2) is 26.4 Å². The molecular weight excluding hydrogens is 234 g/mol. The number of aldehydes is 1. The van der Waals surface area contributed by atoms with Crippen LogP contribution in [0, 0.1) is 11.8 Å². The van der Waals surface area contributed by atoms with Gasteiger partial charge in [0.05, 0.1) is 0 Å². The molecule has 2 aliphatic rings. The Bertz CT molecular complexity index is 184. The van der Waals surface area contributed by atoms with Crippen molar-refractivity contribution in [3.05, 3.63) is 0 Å². The summed E-state index contributed by atoms with van der Waals surface area (Å²) in [6.45, 7) is 0.417. The molecule has 3 radical (unpaired) electrons. The van der Waals surface area contributed by atoms with Gasteiger partial charge in [0, 0.05) is 20.9 Å². The van der Waals surface area contributed by atoms with Crippen molar-refractivity contribution in [3.8, 4) is 0 Å². The SMILES string of the molecule is O=CC1CCCCC1.OCC1CCCCC1.[B].[H-].[Na+]. The molecule has 2 nitrogen and oxygen atoms in total. The summed E-state index contributed by atoms with van der Waals surface area (Å²) in [6.07, 6.45) is 13.9. The molecule has 0 unspecified atom stereocenters. The van der Waals surface area contributed by atoms with E-state index in [1.165, 1.54) is 51.4 Å². The second-order valence-corrected chi connectivity index (χ2v) is 5.22. The monoisotopic (exact) mass is 261 g/mol. The summed E-state index contributed by atoms with van der Waals surface area (Å²) in [6, 6.07) is 0. The molecule has 0 aromatic heterocycles. The average molecular weight is 261 g/mol. The molecule has 2 saturated carbocycles. The quantitative estimate of drug-likeness (QED) is 0.564. The largest absolute Gasteiger partial charge is 1.00 e. The Kier molecular flexibility index (Phi) is 16.5. The van der Waals surface area contributed by atoms with Crippen LogP contribution in [0.2, 0.25) is 0 Å². The normalized spacial score (nSPS) is 20.7. The van der Waals surface area contributed by atoms with Crippen LogP contribution in [0.1, 0.15) is 65.6 Å². The first kappa shape index (κ1) is 21.0. The van der Waals surface area contributed by atoms with Gasteiger partial charge in [-0.25, -0.2) is 0 Å². The van der Waals surface area contributed by atoms with E-state index in [0.717, 1.165) is 19.1 Å². The van der Waals surface area contributed by atoms with Crippen molar-refractivity contribution in [2.75, 3.05) is 6.61 Å². The third kappa shape index (κ3) is 9.60. The molecule has 2 fully saturated rings. The summed E-state index contributed by atoms with van der Waals surface area (Å²) in [5.41, 5.74) is 0. The molecular formula is C14H27BNaO2. The van der Waals surface area contributed by atoms with E-state index in [2.05, 4.69) is 0 Å². The Balaban J connectivity index is -0.000000233. The van der Waals surface area contributed by atoms with Crippen LogP contribution >= 0.6 is 0 Å². The molecule has 1 N–H and O–H groups in total. The standard InChI is InChI=1S/C7H14O.C7H12O.B.Na.H/c2*8-6-7-4-2-1-3-5-7;;;/h7-8H,1-6H2;6-7H,1-5H2;;;/q;;;+1;-1. The Morgan fingerprint density at radius 1 is 0.944 bits per heavy atom. The third-order valence-corrected chi connectivity index (χ3v) is 3.83. The molecule has 0 spiro atoms. The summed E-state index contributed by atoms with van der Waals surface area (Å²) in [4.78, 5) is 10.2. The minimum Gasteiger partial charge on any atom is -1.00 e. The summed E-state index contributed by atoms with van der Waals surface area (Å²) in [5, 5.41) is 8.69. The number of rotatable bonds is 2. The van der Waals surface area contributed by atoms with Gasteiger partial charge in [-0.1, -0.05) is 38.5 Å². The van der Waals surface area contributed by atoms with Gasteiger partial charge in [-0.3, -0.25) is 0 Å². The molecule has 0 atom stereocenters. The minimum absolute atomic E-state index is 0. The second kappa shape index (κ2) is 14.1. The van der Waals surface area contributed by atoms with Gasteiger partial charge in [-0.05, 0) is 31.6 Å². The van der Waals surface area contributed by atoms with Crippen LogP contribution in [0.15, 0.2) is 0 Å². The first-order chi connectivity index (χ1) is 7.86. The van der Waals surface area contributed by atoms with Crippen LogP contribution in [0.5, 0.6) is 0 Å². The number of aliphatic hydroxyl groups excluding tert-OH is 1. The molecule has 0 aliphatic heterocycles. The Morgan fingerprint density at radius 2 is 1.39 bits per heavy atom. The van der Waals surface area contributed by atoms with Crippen LogP contribution in [-0.2, 0) is 4.79 Å². The van der Waals surface area contributed by atoms with E-state index in [1.54, 1.807) is 0 Å². The zero-order valence-electron chi connectivity index (χ0n) is 12.9. The Morgan fingerprint density at radius 3 is 1.67 bits per heavy atom. The predicted octanol–water partition coefficient (Wildman–Crippen LogP) is 0.0603. The minimum atomic E-state index is 0. The molecule has 18 heavy (non-hydrogen) atoms. The molecule has 2 aliphatic carbocycles. The number of carbonyl (C=O) groups excluding carboxylic acids is 1. The third-order valence-electron chi connectivity index (χ3n) is 3.83.